The van der Waals surface area contributed by atoms with Gasteiger partial charge >= 0.3 is 0 Å². The lowest BCUT2D eigenvalue weighted by molar-refractivity contribution is 0.196. The van der Waals surface area contributed by atoms with Gasteiger partial charge in [-0.05, 0) is 18.2 Å². The highest BCUT2D eigenvalue weighted by molar-refractivity contribution is 7.98. The van der Waals surface area contributed by atoms with Crippen molar-refractivity contribution in [3.05, 3.63) is 70.4 Å². The van der Waals surface area contributed by atoms with Gasteiger partial charge in [0.15, 0.2) is 5.13 Å². The Morgan fingerprint density at radius 2 is 1.95 bits per heavy atom. The van der Waals surface area contributed by atoms with E-state index >= 15 is 0 Å². The minimum Gasteiger partial charge on any atom is -0.475 e. The van der Waals surface area contributed by atoms with Crippen molar-refractivity contribution in [2.45, 2.75) is 10.8 Å². The van der Waals surface area contributed by atoms with E-state index in [2.05, 4.69) is 26.3 Å². The number of nitrogen functional groups attached to an aromatic ring is 1. The van der Waals surface area contributed by atoms with Gasteiger partial charge in [-0.3, -0.25) is 0 Å². The number of nitrogens with one attached hydrogen (secondary N) is 1. The number of hydrogen-bond acceptors (Lipinski definition) is 11. The van der Waals surface area contributed by atoms with Gasteiger partial charge in [0.05, 0.1) is 23.6 Å². The second kappa shape index (κ2) is 11.6. The van der Waals surface area contributed by atoms with Crippen molar-refractivity contribution in [1.82, 2.24) is 15.0 Å². The summed E-state index contributed by atoms with van der Waals surface area (Å²) in [5, 5.41) is 33.8. The number of benzene rings is 1. The molecule has 3 aromatic heterocycles. The molecule has 37 heavy (non-hydrogen) atoms. The third-order valence-corrected chi connectivity index (χ3v) is 6.68. The van der Waals surface area contributed by atoms with E-state index in [0.29, 0.717) is 32.7 Å². The van der Waals surface area contributed by atoms with Crippen molar-refractivity contribution < 1.29 is 18.6 Å². The Bertz CT molecular complexity index is 1520. The zero-order valence-electron chi connectivity index (χ0n) is 18.9. The average molecular weight is 538 g/mol. The summed E-state index contributed by atoms with van der Waals surface area (Å²) in [7, 11) is 0. The lowest BCUT2D eigenvalue weighted by atomic mass is 9.98. The van der Waals surface area contributed by atoms with E-state index in [-0.39, 0.29) is 41.7 Å². The quantitative estimate of drug-likeness (QED) is 0.258. The fourth-order valence-corrected chi connectivity index (χ4v) is 4.95. The lowest BCUT2D eigenvalue weighted by Crippen LogP contribution is -2.05. The number of halogens is 2. The molecule has 0 fully saturated rings. The molecule has 0 atom stereocenters. The Kier molecular flexibility index (Phi) is 8.10. The predicted octanol–water partition coefficient (Wildman–Crippen LogP) is 4.61. The number of thioether (sulfide) groups is 1. The first-order valence-corrected chi connectivity index (χ1v) is 12.4. The largest absolute Gasteiger partial charge is 0.475 e. The van der Waals surface area contributed by atoms with Gasteiger partial charge in [0.2, 0.25) is 5.88 Å². The van der Waals surface area contributed by atoms with Crippen LogP contribution in [0.15, 0.2) is 46.9 Å². The van der Waals surface area contributed by atoms with Crippen LogP contribution in [0, 0.1) is 34.3 Å². The third kappa shape index (κ3) is 5.92. The number of aliphatic hydroxyl groups is 1. The van der Waals surface area contributed by atoms with E-state index in [4.69, 9.17) is 15.6 Å². The number of thiazole rings is 1. The van der Waals surface area contributed by atoms with Crippen LogP contribution in [0.5, 0.6) is 5.88 Å². The van der Waals surface area contributed by atoms with Crippen LogP contribution in [0.3, 0.4) is 0 Å². The van der Waals surface area contributed by atoms with Crippen molar-refractivity contribution in [3.8, 4) is 29.1 Å². The Hall–Kier alpha value is -4.30. The van der Waals surface area contributed by atoms with Gasteiger partial charge in [-0.15, -0.1) is 11.3 Å². The zero-order valence-corrected chi connectivity index (χ0v) is 20.5. The SMILES string of the molecule is N#Cc1c(N)nc(SCc2csc(Nc3ccc(F)cc3F)n2)c(C#N)c1-c1ccc(OCCO)nc1. The summed E-state index contributed by atoms with van der Waals surface area (Å²) >= 11 is 2.44. The summed E-state index contributed by atoms with van der Waals surface area (Å²) in [4.78, 5) is 12.8. The Morgan fingerprint density at radius 1 is 1.14 bits per heavy atom. The molecule has 0 aliphatic carbocycles. The monoisotopic (exact) mass is 537 g/mol. The highest BCUT2D eigenvalue weighted by Crippen LogP contribution is 2.37. The molecule has 9 nitrogen and oxygen atoms in total. The van der Waals surface area contributed by atoms with Crippen molar-refractivity contribution in [1.29, 1.82) is 10.5 Å². The zero-order chi connectivity index (χ0) is 26.4. The van der Waals surface area contributed by atoms with E-state index in [9.17, 15) is 19.3 Å². The molecule has 4 aromatic rings. The van der Waals surface area contributed by atoms with Gasteiger partial charge < -0.3 is 20.9 Å². The van der Waals surface area contributed by atoms with E-state index in [1.807, 2.05) is 6.07 Å². The smallest absolute Gasteiger partial charge is 0.213 e. The van der Waals surface area contributed by atoms with Crippen molar-refractivity contribution in [2.75, 3.05) is 24.3 Å². The summed E-state index contributed by atoms with van der Waals surface area (Å²) in [6.45, 7) is -0.0867. The predicted molar refractivity (Wildman–Crippen MR) is 135 cm³/mol. The Morgan fingerprint density at radius 3 is 2.62 bits per heavy atom. The molecule has 3 heterocycles. The number of aromatic nitrogens is 3. The number of ether oxygens (including phenoxy) is 1. The number of rotatable bonds is 9. The number of hydrogen-bond donors (Lipinski definition) is 3. The first-order chi connectivity index (χ1) is 17.9. The maximum absolute atomic E-state index is 13.9. The van der Waals surface area contributed by atoms with Crippen LogP contribution in [-0.4, -0.2) is 33.3 Å². The fourth-order valence-electron chi connectivity index (χ4n) is 3.23. The highest BCUT2D eigenvalue weighted by Gasteiger charge is 2.21. The summed E-state index contributed by atoms with van der Waals surface area (Å²) in [5.74, 6) is -0.866. The van der Waals surface area contributed by atoms with Gasteiger partial charge in [-0.1, -0.05) is 11.8 Å². The van der Waals surface area contributed by atoms with Crippen LogP contribution in [-0.2, 0) is 5.75 Å². The van der Waals surface area contributed by atoms with Crippen molar-refractivity contribution >= 4 is 39.7 Å². The van der Waals surface area contributed by atoms with Crippen LogP contribution < -0.4 is 15.8 Å². The van der Waals surface area contributed by atoms with E-state index in [0.717, 1.165) is 12.1 Å². The Balaban J connectivity index is 1.58. The highest BCUT2D eigenvalue weighted by atomic mass is 32.2. The first kappa shape index (κ1) is 25.8. The molecule has 0 aliphatic rings. The van der Waals surface area contributed by atoms with Crippen LogP contribution in [0.4, 0.5) is 25.4 Å². The molecule has 0 radical (unpaired) electrons. The van der Waals surface area contributed by atoms with Crippen molar-refractivity contribution in [2.24, 2.45) is 0 Å². The topological polar surface area (TPSA) is 154 Å². The molecule has 13 heteroatoms. The number of pyridine rings is 2. The molecule has 0 unspecified atom stereocenters. The molecule has 4 rings (SSSR count). The molecule has 0 bridgehead atoms. The fraction of sp³-hybridized carbons (Fsp3) is 0.125. The van der Waals surface area contributed by atoms with Gasteiger partial charge in [-0.25, -0.2) is 23.7 Å². The molecule has 4 N–H and O–H groups in total. The van der Waals surface area contributed by atoms with Gasteiger partial charge in [0.25, 0.3) is 0 Å². The second-order valence-electron chi connectivity index (χ2n) is 7.29. The van der Waals surface area contributed by atoms with E-state index in [1.54, 1.807) is 17.5 Å². The standard InChI is InChI=1S/C24H17F2N7O2S2/c25-14-2-3-19(18(26)7-14)32-24-31-15(12-37-24)11-36-23-17(9-28)21(16(8-27)22(29)33-23)13-1-4-20(30-10-13)35-6-5-34/h1-4,7,10,12,34H,5-6,11H2,(H2,29,33)(H,31,32). The first-order valence-electron chi connectivity index (χ1n) is 10.6. The summed E-state index contributed by atoms with van der Waals surface area (Å²) in [6, 6.07) is 10.5. The number of nitriles is 2. The van der Waals surface area contributed by atoms with Crippen LogP contribution in [0.25, 0.3) is 11.1 Å². The van der Waals surface area contributed by atoms with E-state index in [1.165, 1.54) is 35.4 Å². The molecular weight excluding hydrogens is 520 g/mol. The minimum atomic E-state index is -0.739. The Labute approximate surface area is 218 Å². The van der Waals surface area contributed by atoms with Crippen LogP contribution in [0.2, 0.25) is 0 Å². The molecule has 0 spiro atoms. The normalized spacial score (nSPS) is 10.5. The number of nitrogens with two attached hydrogens (primary N) is 1. The average Bonchev–Trinajstić information content (AvgIpc) is 3.35. The van der Waals surface area contributed by atoms with E-state index < -0.39 is 11.6 Å². The second-order valence-corrected chi connectivity index (χ2v) is 9.11. The van der Waals surface area contributed by atoms with Gasteiger partial charge in [-0.2, -0.15) is 10.5 Å². The minimum absolute atomic E-state index is 0.0352. The maximum atomic E-state index is 13.9. The molecule has 0 aliphatic heterocycles. The molecule has 186 valence electrons. The van der Waals surface area contributed by atoms with Gasteiger partial charge in [0, 0.05) is 40.6 Å². The number of anilines is 3. The molecule has 1 aromatic carbocycles. The third-order valence-electron chi connectivity index (χ3n) is 4.86. The molecule has 0 saturated carbocycles. The number of aliphatic hydroxyl groups excluding tert-OH is 1. The lowest BCUT2D eigenvalue weighted by Gasteiger charge is -2.13. The van der Waals surface area contributed by atoms with Gasteiger partial charge in [0.1, 0.15) is 46.8 Å². The molecule has 0 saturated heterocycles. The van der Waals surface area contributed by atoms with Crippen LogP contribution >= 0.6 is 23.1 Å². The molecule has 0 amide bonds. The maximum Gasteiger partial charge on any atom is 0.213 e. The van der Waals surface area contributed by atoms with Crippen LogP contribution in [0.1, 0.15) is 16.8 Å². The van der Waals surface area contributed by atoms with Crippen molar-refractivity contribution in [3.63, 3.8) is 0 Å². The summed E-state index contributed by atoms with van der Waals surface area (Å²) < 4.78 is 32.3. The number of nitrogens with zero attached hydrogens (tertiary/aromatic N) is 5. The summed E-state index contributed by atoms with van der Waals surface area (Å²) in [5.41, 5.74) is 7.76. The molecular formula is C24H17F2N7O2S2. The summed E-state index contributed by atoms with van der Waals surface area (Å²) in [6.07, 6.45) is 1.45.